The quantitative estimate of drug-likeness (QED) is 0.349. The van der Waals surface area contributed by atoms with Crippen LogP contribution in [0.3, 0.4) is 0 Å². The molecule has 4 saturated carbocycles. The highest BCUT2D eigenvalue weighted by molar-refractivity contribution is 6.04. The number of benzene rings is 2. The van der Waals surface area contributed by atoms with E-state index in [1.807, 2.05) is 6.07 Å². The number of amides is 1. The van der Waals surface area contributed by atoms with Gasteiger partial charge in [0, 0.05) is 17.0 Å². The molecule has 1 amide bonds. The standard InChI is InChI=1S/C30H29F3N2O5/c31-30(32,33)40-22-6-3-17(4-7-22)16-39-25-23(8-5-21-2-1-9-34-24(21)25)27(36)35-26(28(37)38)29-13-18-10-19(14-29)12-20(11-18)15-29/h1-9,18-20,26H,10-16H2,(H,35,36)(H,37,38). The van der Waals surface area contributed by atoms with E-state index >= 15 is 0 Å². The number of aromatic nitrogens is 1. The van der Waals surface area contributed by atoms with Gasteiger partial charge in [0.15, 0.2) is 5.75 Å². The smallest absolute Gasteiger partial charge is 0.486 e. The summed E-state index contributed by atoms with van der Waals surface area (Å²) < 4.78 is 47.5. The van der Waals surface area contributed by atoms with Crippen molar-refractivity contribution in [3.8, 4) is 11.5 Å². The van der Waals surface area contributed by atoms with E-state index in [2.05, 4.69) is 15.0 Å². The highest BCUT2D eigenvalue weighted by Gasteiger charge is 2.56. The van der Waals surface area contributed by atoms with Crippen LogP contribution >= 0.6 is 0 Å². The normalized spacial score (nSPS) is 25.9. The van der Waals surface area contributed by atoms with Crippen molar-refractivity contribution in [2.75, 3.05) is 0 Å². The van der Waals surface area contributed by atoms with Crippen molar-refractivity contribution < 1.29 is 37.3 Å². The number of nitrogens with zero attached hydrogens (tertiary/aromatic N) is 1. The molecule has 7 nitrogen and oxygen atoms in total. The number of carboxylic acids is 1. The fourth-order valence-corrected chi connectivity index (χ4v) is 7.60. The second-order valence-electron chi connectivity index (χ2n) is 11.5. The largest absolute Gasteiger partial charge is 0.573 e. The van der Waals surface area contributed by atoms with E-state index in [1.165, 1.54) is 24.3 Å². The third kappa shape index (κ3) is 5.19. The van der Waals surface area contributed by atoms with Crippen molar-refractivity contribution in [3.63, 3.8) is 0 Å². The van der Waals surface area contributed by atoms with Crippen LogP contribution in [0.2, 0.25) is 0 Å². The number of carbonyl (C=O) groups excluding carboxylic acids is 1. The molecule has 0 saturated heterocycles. The summed E-state index contributed by atoms with van der Waals surface area (Å²) in [6.45, 7) is -0.0560. The molecule has 4 aliphatic rings. The zero-order valence-electron chi connectivity index (χ0n) is 21.6. The first-order valence-corrected chi connectivity index (χ1v) is 13.5. The molecule has 40 heavy (non-hydrogen) atoms. The maximum Gasteiger partial charge on any atom is 0.573 e. The molecule has 2 N–H and O–H groups in total. The average molecular weight is 555 g/mol. The Kier molecular flexibility index (Phi) is 6.59. The van der Waals surface area contributed by atoms with Gasteiger partial charge in [-0.3, -0.25) is 9.78 Å². The number of fused-ring (bicyclic) bond motifs is 1. The Hall–Kier alpha value is -3.82. The van der Waals surface area contributed by atoms with Gasteiger partial charge in [0.25, 0.3) is 5.91 Å². The van der Waals surface area contributed by atoms with Gasteiger partial charge in [-0.1, -0.05) is 24.3 Å². The fourth-order valence-electron chi connectivity index (χ4n) is 7.60. The summed E-state index contributed by atoms with van der Waals surface area (Å²) in [7, 11) is 0. The monoisotopic (exact) mass is 554 g/mol. The minimum absolute atomic E-state index is 0.0560. The lowest BCUT2D eigenvalue weighted by atomic mass is 9.47. The van der Waals surface area contributed by atoms with Gasteiger partial charge in [-0.15, -0.1) is 13.2 Å². The maximum absolute atomic E-state index is 13.7. The van der Waals surface area contributed by atoms with Crippen LogP contribution in [0.25, 0.3) is 10.9 Å². The lowest BCUT2D eigenvalue weighted by Crippen LogP contribution is -2.59. The Morgan fingerprint density at radius 1 is 1.00 bits per heavy atom. The predicted molar refractivity (Wildman–Crippen MR) is 139 cm³/mol. The maximum atomic E-state index is 13.7. The van der Waals surface area contributed by atoms with Gasteiger partial charge in [-0.2, -0.15) is 0 Å². The van der Waals surface area contributed by atoms with Crippen molar-refractivity contribution >= 4 is 22.8 Å². The average Bonchev–Trinajstić information content (AvgIpc) is 2.89. The summed E-state index contributed by atoms with van der Waals surface area (Å²) >= 11 is 0. The molecule has 4 fully saturated rings. The summed E-state index contributed by atoms with van der Waals surface area (Å²) in [5.74, 6) is -0.212. The number of rotatable bonds is 8. The Morgan fingerprint density at radius 3 is 2.25 bits per heavy atom. The molecule has 4 bridgehead atoms. The van der Waals surface area contributed by atoms with Crippen LogP contribution < -0.4 is 14.8 Å². The number of hydrogen-bond donors (Lipinski definition) is 2. The predicted octanol–water partition coefficient (Wildman–Crippen LogP) is 6.11. The van der Waals surface area contributed by atoms with E-state index in [-0.39, 0.29) is 23.7 Å². The molecular weight excluding hydrogens is 525 g/mol. The molecule has 1 unspecified atom stereocenters. The second kappa shape index (κ2) is 9.98. The van der Waals surface area contributed by atoms with Gasteiger partial charge >= 0.3 is 12.3 Å². The first kappa shape index (κ1) is 26.4. The van der Waals surface area contributed by atoms with Crippen molar-refractivity contribution in [2.45, 2.75) is 57.5 Å². The van der Waals surface area contributed by atoms with E-state index < -0.39 is 29.7 Å². The Labute approximate surface area is 228 Å². The Morgan fingerprint density at radius 2 is 1.65 bits per heavy atom. The number of halogens is 3. The van der Waals surface area contributed by atoms with Gasteiger partial charge in [-0.25, -0.2) is 4.79 Å². The molecule has 2 aromatic carbocycles. The van der Waals surface area contributed by atoms with Gasteiger partial charge in [0.2, 0.25) is 0 Å². The molecule has 1 aromatic heterocycles. The molecule has 10 heteroatoms. The van der Waals surface area contributed by atoms with Crippen LogP contribution in [0.5, 0.6) is 11.5 Å². The van der Waals surface area contributed by atoms with E-state index in [1.54, 1.807) is 24.4 Å². The lowest BCUT2D eigenvalue weighted by molar-refractivity contribution is -0.274. The molecule has 0 radical (unpaired) electrons. The van der Waals surface area contributed by atoms with Gasteiger partial charge in [0.1, 0.15) is 23.9 Å². The first-order valence-electron chi connectivity index (χ1n) is 13.5. The van der Waals surface area contributed by atoms with Crippen LogP contribution in [-0.4, -0.2) is 34.4 Å². The number of pyridine rings is 1. The zero-order chi connectivity index (χ0) is 28.1. The summed E-state index contributed by atoms with van der Waals surface area (Å²) in [4.78, 5) is 30.7. The van der Waals surface area contributed by atoms with Crippen LogP contribution in [0, 0.1) is 23.2 Å². The van der Waals surface area contributed by atoms with Crippen LogP contribution in [0.4, 0.5) is 13.2 Å². The van der Waals surface area contributed by atoms with Crippen molar-refractivity contribution in [3.05, 3.63) is 65.9 Å². The van der Waals surface area contributed by atoms with E-state index in [0.29, 0.717) is 28.8 Å². The van der Waals surface area contributed by atoms with Gasteiger partial charge < -0.3 is 19.9 Å². The molecule has 210 valence electrons. The fraction of sp³-hybridized carbons (Fsp3) is 0.433. The number of carboxylic acid groups (broad SMARTS) is 1. The van der Waals surface area contributed by atoms with E-state index in [4.69, 9.17) is 4.74 Å². The topological polar surface area (TPSA) is 97.8 Å². The second-order valence-corrected chi connectivity index (χ2v) is 11.5. The third-order valence-electron chi connectivity index (χ3n) is 8.73. The SMILES string of the molecule is O=C(NC(C(=O)O)C12CC3CC(CC(C3)C1)C2)c1ccc2cccnc2c1OCc1ccc(OC(F)(F)F)cc1. The van der Waals surface area contributed by atoms with Crippen molar-refractivity contribution in [1.29, 1.82) is 0 Å². The van der Waals surface area contributed by atoms with Gasteiger partial charge in [0.05, 0.1) is 5.56 Å². The van der Waals surface area contributed by atoms with Crippen LogP contribution in [0.1, 0.15) is 54.4 Å². The molecular formula is C30H29F3N2O5. The molecule has 4 aliphatic carbocycles. The highest BCUT2D eigenvalue weighted by atomic mass is 19.4. The molecule has 1 atom stereocenters. The van der Waals surface area contributed by atoms with Crippen molar-refractivity contribution in [2.24, 2.45) is 23.2 Å². The van der Waals surface area contributed by atoms with E-state index in [9.17, 15) is 27.9 Å². The Bertz CT molecular complexity index is 1400. The number of aliphatic carboxylic acids is 1. The van der Waals surface area contributed by atoms with Gasteiger partial charge in [-0.05, 0) is 86.1 Å². The number of ether oxygens (including phenoxy) is 2. The lowest BCUT2D eigenvalue weighted by Gasteiger charge is -2.58. The minimum Gasteiger partial charge on any atom is -0.486 e. The number of alkyl halides is 3. The summed E-state index contributed by atoms with van der Waals surface area (Å²) in [6.07, 6.45) is 2.66. The van der Waals surface area contributed by atoms with E-state index in [0.717, 1.165) is 43.9 Å². The molecule has 1 heterocycles. The highest BCUT2D eigenvalue weighted by Crippen LogP contribution is 2.61. The minimum atomic E-state index is -4.79. The Balaban J connectivity index is 1.26. The zero-order valence-corrected chi connectivity index (χ0v) is 21.6. The van der Waals surface area contributed by atoms with Crippen molar-refractivity contribution in [1.82, 2.24) is 10.3 Å². The summed E-state index contributed by atoms with van der Waals surface area (Å²) in [5, 5.41) is 13.9. The molecule has 3 aromatic rings. The number of nitrogens with one attached hydrogen (secondary N) is 1. The first-order chi connectivity index (χ1) is 19.1. The molecule has 7 rings (SSSR count). The third-order valence-corrected chi connectivity index (χ3v) is 8.73. The molecule has 0 spiro atoms. The van der Waals surface area contributed by atoms with Crippen LogP contribution in [0.15, 0.2) is 54.7 Å². The molecule has 0 aliphatic heterocycles. The number of hydrogen-bond acceptors (Lipinski definition) is 5. The summed E-state index contributed by atoms with van der Waals surface area (Å²) in [6, 6.07) is 11.1. The summed E-state index contributed by atoms with van der Waals surface area (Å²) in [5.41, 5.74) is 0.672. The number of carbonyl (C=O) groups is 2. The van der Waals surface area contributed by atoms with Crippen LogP contribution in [-0.2, 0) is 11.4 Å².